The van der Waals surface area contributed by atoms with Crippen LogP contribution in [-0.2, 0) is 16.1 Å². The third-order valence-corrected chi connectivity index (χ3v) is 6.24. The summed E-state index contributed by atoms with van der Waals surface area (Å²) in [6, 6.07) is 6.52. The molecule has 3 aliphatic heterocycles. The van der Waals surface area contributed by atoms with Gasteiger partial charge in [-0.1, -0.05) is 6.07 Å². The van der Waals surface area contributed by atoms with Gasteiger partial charge in [0.05, 0.1) is 11.7 Å². The van der Waals surface area contributed by atoms with Gasteiger partial charge in [-0.05, 0) is 43.2 Å². The topological polar surface area (TPSA) is 65.5 Å². The molecule has 1 N–H and O–H groups in total. The lowest BCUT2D eigenvalue weighted by molar-refractivity contribution is -0.153. The van der Waals surface area contributed by atoms with Gasteiger partial charge in [0.1, 0.15) is 0 Å². The number of nitrogens with one attached hydrogen (secondary N) is 1. The lowest BCUT2D eigenvalue weighted by Crippen LogP contribution is -2.66. The minimum Gasteiger partial charge on any atom is -0.354 e. The van der Waals surface area contributed by atoms with Gasteiger partial charge in [0.15, 0.2) is 0 Å². The molecule has 6 heteroatoms. The van der Waals surface area contributed by atoms with E-state index in [1.165, 1.54) is 0 Å². The summed E-state index contributed by atoms with van der Waals surface area (Å²) >= 11 is 0. The van der Waals surface area contributed by atoms with E-state index < -0.39 is 0 Å². The van der Waals surface area contributed by atoms with E-state index in [-0.39, 0.29) is 17.9 Å². The first-order chi connectivity index (χ1) is 12.6. The van der Waals surface area contributed by atoms with Crippen LogP contribution in [0.15, 0.2) is 24.4 Å². The van der Waals surface area contributed by atoms with Crippen LogP contribution in [0.3, 0.4) is 0 Å². The van der Waals surface area contributed by atoms with E-state index in [1.807, 2.05) is 18.3 Å². The summed E-state index contributed by atoms with van der Waals surface area (Å²) in [5, 5.41) is 2.97. The number of hydrogen-bond donors (Lipinski definition) is 1. The van der Waals surface area contributed by atoms with Crippen LogP contribution in [0.1, 0.15) is 38.3 Å². The first-order valence-corrected chi connectivity index (χ1v) is 9.79. The summed E-state index contributed by atoms with van der Waals surface area (Å²) in [6.45, 7) is 4.99. The summed E-state index contributed by atoms with van der Waals surface area (Å²) < 4.78 is 0. The molecule has 1 aromatic rings. The maximum Gasteiger partial charge on any atom is 0.223 e. The van der Waals surface area contributed by atoms with Gasteiger partial charge in [-0.3, -0.25) is 19.5 Å². The monoisotopic (exact) mass is 356 g/mol. The largest absolute Gasteiger partial charge is 0.354 e. The second kappa shape index (κ2) is 7.35. The van der Waals surface area contributed by atoms with Gasteiger partial charge in [-0.2, -0.15) is 0 Å². The molecule has 4 heterocycles. The highest BCUT2D eigenvalue weighted by Crippen LogP contribution is 2.41. The van der Waals surface area contributed by atoms with Crippen molar-refractivity contribution in [2.45, 2.75) is 51.2 Å². The average Bonchev–Trinajstić information content (AvgIpc) is 2.63. The van der Waals surface area contributed by atoms with Crippen molar-refractivity contribution in [3.05, 3.63) is 30.1 Å². The zero-order valence-corrected chi connectivity index (χ0v) is 15.4. The first kappa shape index (κ1) is 17.5. The van der Waals surface area contributed by atoms with Crippen molar-refractivity contribution >= 4 is 11.8 Å². The molecule has 0 radical (unpaired) electrons. The summed E-state index contributed by atoms with van der Waals surface area (Å²) in [5.74, 6) is 1.22. The Morgan fingerprint density at radius 1 is 1.31 bits per heavy atom. The molecule has 0 aliphatic carbocycles. The van der Waals surface area contributed by atoms with Gasteiger partial charge >= 0.3 is 0 Å². The van der Waals surface area contributed by atoms with Crippen LogP contribution in [-0.4, -0.2) is 58.3 Å². The molecular formula is C20H28N4O2. The zero-order valence-electron chi connectivity index (χ0n) is 15.4. The minimum absolute atomic E-state index is 0.0192. The number of piperidine rings is 3. The second-order valence-corrected chi connectivity index (χ2v) is 8.04. The van der Waals surface area contributed by atoms with Gasteiger partial charge in [0.25, 0.3) is 0 Å². The Morgan fingerprint density at radius 3 is 2.92 bits per heavy atom. The Morgan fingerprint density at radius 2 is 2.15 bits per heavy atom. The number of hydrogen-bond acceptors (Lipinski definition) is 4. The molecule has 3 aliphatic rings. The SMILES string of the molecule is CC(=O)NC[C@H]1[C@H]2C[C@H](CN(Cc3ccccn3)C2)[C@@H]2CCCC(=O)N21. The van der Waals surface area contributed by atoms with Crippen molar-refractivity contribution < 1.29 is 9.59 Å². The predicted molar refractivity (Wildman–Crippen MR) is 98.1 cm³/mol. The number of pyridine rings is 1. The number of carbonyl (C=O) groups is 2. The number of amides is 2. The van der Waals surface area contributed by atoms with Crippen LogP contribution in [0.25, 0.3) is 0 Å². The molecule has 4 atom stereocenters. The molecule has 2 amide bonds. The average molecular weight is 356 g/mol. The summed E-state index contributed by atoms with van der Waals surface area (Å²) in [6.07, 6.45) is 5.76. The van der Waals surface area contributed by atoms with E-state index in [4.69, 9.17) is 0 Å². The fourth-order valence-electron chi connectivity index (χ4n) is 5.23. The Kier molecular flexibility index (Phi) is 4.94. The van der Waals surface area contributed by atoms with Crippen molar-refractivity contribution in [3.8, 4) is 0 Å². The fraction of sp³-hybridized carbons (Fsp3) is 0.650. The molecule has 0 aromatic carbocycles. The smallest absolute Gasteiger partial charge is 0.223 e. The number of nitrogens with zero attached hydrogens (tertiary/aromatic N) is 3. The fourth-order valence-corrected chi connectivity index (χ4v) is 5.23. The van der Waals surface area contributed by atoms with Crippen molar-refractivity contribution in [1.29, 1.82) is 0 Å². The van der Waals surface area contributed by atoms with Gasteiger partial charge in [0, 0.05) is 51.8 Å². The van der Waals surface area contributed by atoms with Crippen LogP contribution in [0, 0.1) is 11.8 Å². The van der Waals surface area contributed by atoms with Gasteiger partial charge < -0.3 is 10.2 Å². The van der Waals surface area contributed by atoms with Crippen molar-refractivity contribution in [1.82, 2.24) is 20.1 Å². The van der Waals surface area contributed by atoms with Crippen LogP contribution in [0.2, 0.25) is 0 Å². The van der Waals surface area contributed by atoms with Crippen molar-refractivity contribution in [2.24, 2.45) is 11.8 Å². The maximum absolute atomic E-state index is 12.7. The summed E-state index contributed by atoms with van der Waals surface area (Å²) in [5.41, 5.74) is 1.10. The Balaban J connectivity index is 1.54. The first-order valence-electron chi connectivity index (χ1n) is 9.79. The Labute approximate surface area is 155 Å². The molecule has 26 heavy (non-hydrogen) atoms. The van der Waals surface area contributed by atoms with E-state index in [1.54, 1.807) is 6.92 Å². The molecule has 0 spiro atoms. The summed E-state index contributed by atoms with van der Waals surface area (Å²) in [7, 11) is 0. The quantitative estimate of drug-likeness (QED) is 0.886. The van der Waals surface area contributed by atoms with E-state index in [0.717, 1.165) is 44.6 Å². The lowest BCUT2D eigenvalue weighted by Gasteiger charge is -2.56. The van der Waals surface area contributed by atoms with Crippen LogP contribution in [0.4, 0.5) is 0 Å². The molecule has 4 rings (SSSR count). The van der Waals surface area contributed by atoms with Gasteiger partial charge in [0.2, 0.25) is 11.8 Å². The Hall–Kier alpha value is -1.95. The number of rotatable bonds is 4. The molecule has 2 bridgehead atoms. The predicted octanol–water partition coefficient (Wildman–Crippen LogP) is 1.42. The number of carbonyl (C=O) groups excluding carboxylic acids is 2. The van der Waals surface area contributed by atoms with E-state index >= 15 is 0 Å². The van der Waals surface area contributed by atoms with Crippen LogP contribution in [0.5, 0.6) is 0 Å². The molecule has 6 nitrogen and oxygen atoms in total. The Bertz CT molecular complexity index is 665. The molecule has 1 aromatic heterocycles. The van der Waals surface area contributed by atoms with Crippen molar-refractivity contribution in [3.63, 3.8) is 0 Å². The molecule has 0 saturated carbocycles. The zero-order chi connectivity index (χ0) is 18.1. The number of fused-ring (bicyclic) bond motifs is 4. The van der Waals surface area contributed by atoms with E-state index in [0.29, 0.717) is 30.8 Å². The number of likely N-dealkylation sites (tertiary alicyclic amines) is 1. The molecule has 3 fully saturated rings. The van der Waals surface area contributed by atoms with Gasteiger partial charge in [-0.25, -0.2) is 0 Å². The lowest BCUT2D eigenvalue weighted by atomic mass is 9.72. The maximum atomic E-state index is 12.7. The molecule has 0 unspecified atom stereocenters. The number of aromatic nitrogens is 1. The van der Waals surface area contributed by atoms with Crippen LogP contribution < -0.4 is 5.32 Å². The highest BCUT2D eigenvalue weighted by molar-refractivity contribution is 5.78. The van der Waals surface area contributed by atoms with E-state index in [9.17, 15) is 9.59 Å². The summed E-state index contributed by atoms with van der Waals surface area (Å²) in [4.78, 5) is 33.3. The van der Waals surface area contributed by atoms with Gasteiger partial charge in [-0.15, -0.1) is 0 Å². The molecular weight excluding hydrogens is 328 g/mol. The third-order valence-electron chi connectivity index (χ3n) is 6.24. The second-order valence-electron chi connectivity index (χ2n) is 8.04. The standard InChI is InChI=1S/C20H28N4O2/c1-14(25)22-10-19-16-9-15(18-6-4-7-20(26)24(18)19)11-23(12-16)13-17-5-2-3-8-21-17/h2-3,5,8,15-16,18-19H,4,6-7,9-13H2,1H3,(H,22,25)/t15-,16+,18+,19+/m1/s1. The normalized spacial score (nSPS) is 31.4. The van der Waals surface area contributed by atoms with Crippen LogP contribution >= 0.6 is 0 Å². The minimum atomic E-state index is -0.0192. The highest BCUT2D eigenvalue weighted by Gasteiger charge is 2.49. The third kappa shape index (κ3) is 3.47. The molecule has 140 valence electrons. The molecule has 3 saturated heterocycles. The van der Waals surface area contributed by atoms with E-state index in [2.05, 4.69) is 26.2 Å². The highest BCUT2D eigenvalue weighted by atomic mass is 16.2. The van der Waals surface area contributed by atoms with Crippen molar-refractivity contribution in [2.75, 3.05) is 19.6 Å².